The summed E-state index contributed by atoms with van der Waals surface area (Å²) in [5.74, 6) is -2.05. The van der Waals surface area contributed by atoms with Crippen LogP contribution in [0, 0.1) is 25.7 Å². The number of aromatic amines is 2. The number of nitrogens with one attached hydrogen (secondary N) is 2. The van der Waals surface area contributed by atoms with Crippen LogP contribution in [0.1, 0.15) is 93.6 Å². The average molecular weight is 617 g/mol. The second-order valence-electron chi connectivity index (χ2n) is 13.1. The van der Waals surface area contributed by atoms with Gasteiger partial charge < -0.3 is 30.4 Å². The summed E-state index contributed by atoms with van der Waals surface area (Å²) in [5.41, 5.74) is 8.29. The van der Waals surface area contributed by atoms with Crippen LogP contribution >= 0.6 is 0 Å². The summed E-state index contributed by atoms with van der Waals surface area (Å²) >= 11 is 0. The molecular weight excluding hydrogens is 572 g/mol. The first-order chi connectivity index (χ1) is 21.1. The average Bonchev–Trinajstić information content (AvgIpc) is 3.57. The summed E-state index contributed by atoms with van der Waals surface area (Å²) in [5, 5.41) is 42.4. The maximum absolute atomic E-state index is 11.6. The van der Waals surface area contributed by atoms with E-state index in [1.54, 1.807) is 13.8 Å². The first-order valence-electron chi connectivity index (χ1n) is 15.6. The summed E-state index contributed by atoms with van der Waals surface area (Å²) in [4.78, 5) is 40.5. The van der Waals surface area contributed by atoms with Crippen molar-refractivity contribution in [3.8, 4) is 0 Å². The zero-order valence-corrected chi connectivity index (χ0v) is 27.1. The SMILES string of the molecule is CC1=C(C(C)O)C2(C)Cc3[nH]c(c(C(C)O)c3C)/C=C3N=C(/C=c4\[nH]/c(c(C)c4CCC(=O)O)=C\C1=N2)C(CCC(=O)O)C\3C. The van der Waals surface area contributed by atoms with Crippen LogP contribution in [0.4, 0.5) is 0 Å². The molecular formula is C35H44N4O6. The molecule has 3 aliphatic heterocycles. The number of allylic oxidation sites excluding steroid dienone is 2. The number of aliphatic carboxylic acids is 2. The fourth-order valence-corrected chi connectivity index (χ4v) is 7.56. The van der Waals surface area contributed by atoms with Crippen molar-refractivity contribution in [3.63, 3.8) is 0 Å². The van der Waals surface area contributed by atoms with Gasteiger partial charge in [-0.25, -0.2) is 0 Å². The minimum absolute atomic E-state index is 0.00981. The Balaban J connectivity index is 1.84. The Kier molecular flexibility index (Phi) is 8.67. The molecule has 10 heteroatoms. The van der Waals surface area contributed by atoms with E-state index in [9.17, 15) is 30.0 Å². The summed E-state index contributed by atoms with van der Waals surface area (Å²) in [6.45, 7) is 13.5. The van der Waals surface area contributed by atoms with Crippen LogP contribution < -0.4 is 10.7 Å². The monoisotopic (exact) mass is 616 g/mol. The molecule has 0 saturated carbocycles. The van der Waals surface area contributed by atoms with Gasteiger partial charge in [-0.3, -0.25) is 19.6 Å². The van der Waals surface area contributed by atoms with Crippen molar-refractivity contribution < 1.29 is 30.0 Å². The third-order valence-corrected chi connectivity index (χ3v) is 9.81. The van der Waals surface area contributed by atoms with Crippen molar-refractivity contribution in [2.75, 3.05) is 0 Å². The van der Waals surface area contributed by atoms with Gasteiger partial charge in [-0.05, 0) is 100 Å². The molecule has 3 aliphatic rings. The fraction of sp³-hybridized carbons (Fsp3) is 0.486. The van der Waals surface area contributed by atoms with Gasteiger partial charge in [-0.15, -0.1) is 0 Å². The molecule has 0 radical (unpaired) electrons. The molecule has 0 spiro atoms. The lowest BCUT2D eigenvalue weighted by molar-refractivity contribution is -0.138. The zero-order chi connectivity index (χ0) is 33.0. The molecule has 5 rings (SSSR count). The Morgan fingerprint density at radius 2 is 1.67 bits per heavy atom. The van der Waals surface area contributed by atoms with Gasteiger partial charge in [-0.1, -0.05) is 6.92 Å². The molecule has 0 saturated heterocycles. The van der Waals surface area contributed by atoms with Gasteiger partial charge in [-0.2, -0.15) is 0 Å². The van der Waals surface area contributed by atoms with Gasteiger partial charge in [0, 0.05) is 70.2 Å². The molecule has 2 aromatic rings. The van der Waals surface area contributed by atoms with Crippen LogP contribution in [-0.2, 0) is 22.4 Å². The lowest BCUT2D eigenvalue weighted by atomic mass is 9.83. The van der Waals surface area contributed by atoms with Gasteiger partial charge in [0.05, 0.1) is 23.5 Å². The molecule has 0 fully saturated rings. The number of carboxylic acid groups (broad SMARTS) is 2. The third-order valence-electron chi connectivity index (χ3n) is 9.81. The van der Waals surface area contributed by atoms with E-state index in [1.165, 1.54) is 0 Å². The van der Waals surface area contributed by atoms with E-state index >= 15 is 0 Å². The number of aliphatic imine (C=N–C) groups is 2. The second kappa shape index (κ2) is 12.1. The van der Waals surface area contributed by atoms with E-state index < -0.39 is 29.7 Å². The van der Waals surface area contributed by atoms with Crippen LogP contribution in [-0.4, -0.2) is 65.4 Å². The fourth-order valence-electron chi connectivity index (χ4n) is 7.56. The number of hydrogen-bond acceptors (Lipinski definition) is 6. The zero-order valence-electron chi connectivity index (χ0n) is 27.1. The quantitative estimate of drug-likeness (QED) is 0.264. The highest BCUT2D eigenvalue weighted by molar-refractivity contribution is 6.22. The van der Waals surface area contributed by atoms with Crippen LogP contribution in [0.15, 0.2) is 26.8 Å². The first kappa shape index (κ1) is 32.4. The van der Waals surface area contributed by atoms with Crippen LogP contribution in [0.25, 0.3) is 18.2 Å². The van der Waals surface area contributed by atoms with E-state index in [4.69, 9.17) is 9.98 Å². The van der Waals surface area contributed by atoms with E-state index in [1.807, 2.05) is 52.8 Å². The Morgan fingerprint density at radius 3 is 2.29 bits per heavy atom. The molecule has 8 bridgehead atoms. The number of hydrogen-bond donors (Lipinski definition) is 6. The van der Waals surface area contributed by atoms with Crippen LogP contribution in [0.2, 0.25) is 0 Å². The molecule has 6 N–H and O–H groups in total. The van der Waals surface area contributed by atoms with Gasteiger partial charge in [0.25, 0.3) is 0 Å². The van der Waals surface area contributed by atoms with Crippen molar-refractivity contribution >= 4 is 41.6 Å². The van der Waals surface area contributed by atoms with Gasteiger partial charge in [0.1, 0.15) is 0 Å². The highest BCUT2D eigenvalue weighted by Crippen LogP contribution is 2.41. The lowest BCUT2D eigenvalue weighted by Crippen LogP contribution is -2.32. The van der Waals surface area contributed by atoms with E-state index in [0.29, 0.717) is 19.3 Å². The Bertz CT molecular complexity index is 1820. The number of rotatable bonds is 8. The summed E-state index contributed by atoms with van der Waals surface area (Å²) < 4.78 is 0. The summed E-state index contributed by atoms with van der Waals surface area (Å²) in [7, 11) is 0. The number of carbonyl (C=O) groups is 2. The van der Waals surface area contributed by atoms with E-state index in [0.717, 1.165) is 72.6 Å². The number of nitrogens with zero attached hydrogens (tertiary/aromatic N) is 2. The maximum atomic E-state index is 11.6. The molecule has 0 amide bonds. The van der Waals surface area contributed by atoms with Crippen molar-refractivity contribution in [1.29, 1.82) is 0 Å². The number of aromatic nitrogens is 2. The molecule has 10 nitrogen and oxygen atoms in total. The highest BCUT2D eigenvalue weighted by atomic mass is 16.4. The first-order valence-corrected chi connectivity index (χ1v) is 15.6. The molecule has 5 heterocycles. The molecule has 2 aromatic heterocycles. The predicted molar refractivity (Wildman–Crippen MR) is 175 cm³/mol. The minimum Gasteiger partial charge on any atom is -0.481 e. The van der Waals surface area contributed by atoms with Crippen LogP contribution in [0.3, 0.4) is 0 Å². The number of H-pyrrole nitrogens is 2. The van der Waals surface area contributed by atoms with E-state index in [-0.39, 0.29) is 24.7 Å². The number of aliphatic hydroxyl groups excluding tert-OH is 2. The highest BCUT2D eigenvalue weighted by Gasteiger charge is 2.40. The number of fused-ring (bicyclic) bond motifs is 6. The summed E-state index contributed by atoms with van der Waals surface area (Å²) in [6.07, 6.45) is 5.47. The van der Waals surface area contributed by atoms with Gasteiger partial charge >= 0.3 is 11.9 Å². The normalized spacial score (nSPS) is 26.6. The maximum Gasteiger partial charge on any atom is 0.303 e. The minimum atomic E-state index is -0.896. The molecule has 0 aromatic carbocycles. The summed E-state index contributed by atoms with van der Waals surface area (Å²) in [6, 6.07) is 0. The Hall–Kier alpha value is -4.02. The largest absolute Gasteiger partial charge is 0.481 e. The molecule has 0 aliphatic carbocycles. The number of aliphatic hydroxyl groups is 2. The smallest absolute Gasteiger partial charge is 0.303 e. The standard InChI is InChI=1S/C35H44N4O6/c1-16-22(8-10-31(42)43)27-14-28-23(9-11-32(44)45)17(2)25(37-28)13-29-33(20(5)40)18(3)30(38-29)15-35(7)34(21(6)41)19(4)26(39-35)12-24(16)36-27/h12-14,17,20-21,23,36,38,40-41H,8-11,15H2,1-7H3,(H,42,43)(H,44,45)/b24-12-,25-13-,27-14-. The topological polar surface area (TPSA) is 171 Å². The Labute approximate surface area is 262 Å². The van der Waals surface area contributed by atoms with Crippen LogP contribution in [0.5, 0.6) is 0 Å². The van der Waals surface area contributed by atoms with Crippen molar-refractivity contribution in [2.45, 2.75) is 98.3 Å². The van der Waals surface area contributed by atoms with Crippen molar-refractivity contribution in [2.24, 2.45) is 21.8 Å². The Morgan fingerprint density at radius 1 is 0.978 bits per heavy atom. The lowest BCUT2D eigenvalue weighted by Gasteiger charge is -2.27. The third kappa shape index (κ3) is 6.01. The van der Waals surface area contributed by atoms with Crippen molar-refractivity contribution in [3.05, 3.63) is 61.2 Å². The molecule has 5 unspecified atom stereocenters. The molecule has 240 valence electrons. The van der Waals surface area contributed by atoms with E-state index in [2.05, 4.69) is 9.97 Å². The van der Waals surface area contributed by atoms with Crippen molar-refractivity contribution in [1.82, 2.24) is 9.97 Å². The second-order valence-corrected chi connectivity index (χ2v) is 13.1. The predicted octanol–water partition coefficient (Wildman–Crippen LogP) is 3.67. The molecule has 5 atom stereocenters. The van der Waals surface area contributed by atoms with Gasteiger partial charge in [0.15, 0.2) is 0 Å². The van der Waals surface area contributed by atoms with Gasteiger partial charge in [0.2, 0.25) is 0 Å². The molecule has 45 heavy (non-hydrogen) atoms. The number of carboxylic acids is 2.